The third-order valence-electron chi connectivity index (χ3n) is 3.67. The number of ether oxygens (including phenoxy) is 2. The van der Waals surface area contributed by atoms with Gasteiger partial charge in [-0.3, -0.25) is 0 Å². The Hall–Kier alpha value is -0.680. The number of hydrogen-bond donors (Lipinski definition) is 1. The maximum Gasteiger partial charge on any atom is 0.128 e. The van der Waals surface area contributed by atoms with Gasteiger partial charge in [0.15, 0.2) is 0 Å². The van der Waals surface area contributed by atoms with Gasteiger partial charge in [0.25, 0.3) is 0 Å². The fourth-order valence-corrected chi connectivity index (χ4v) is 2.40. The summed E-state index contributed by atoms with van der Waals surface area (Å²) in [4.78, 5) is 2.33. The van der Waals surface area contributed by atoms with E-state index in [0.717, 1.165) is 43.0 Å². The Morgan fingerprint density at radius 1 is 1.24 bits per heavy atom. The zero-order chi connectivity index (χ0) is 13.8. The van der Waals surface area contributed by atoms with Crippen LogP contribution in [0.3, 0.4) is 0 Å². The Morgan fingerprint density at radius 3 is 2.38 bits per heavy atom. The van der Waals surface area contributed by atoms with Gasteiger partial charge in [-0.25, -0.2) is 0 Å². The van der Waals surface area contributed by atoms with Crippen molar-refractivity contribution in [1.29, 1.82) is 0 Å². The lowest BCUT2D eigenvalue weighted by molar-refractivity contribution is 0.113. The molecule has 0 aromatic heterocycles. The molecule has 1 heterocycles. The molecule has 1 aromatic carbocycles. The Balaban J connectivity index is 0.00000200. The lowest BCUT2D eigenvalue weighted by Gasteiger charge is -2.30. The third-order valence-corrected chi connectivity index (χ3v) is 3.67. The molecule has 2 rings (SSSR count). The van der Waals surface area contributed by atoms with Crippen molar-refractivity contribution in [2.75, 3.05) is 27.2 Å². The number of hydrogen-bond acceptors (Lipinski definition) is 4. The fraction of sp³-hybridized carbons (Fsp3) is 0.600. The normalized spacial score (nSPS) is 17.3. The van der Waals surface area contributed by atoms with Crippen LogP contribution in [0.4, 0.5) is 0 Å². The van der Waals surface area contributed by atoms with E-state index in [1.807, 2.05) is 25.1 Å². The molecule has 1 atom stereocenters. The van der Waals surface area contributed by atoms with Crippen LogP contribution >= 0.6 is 24.8 Å². The Labute approximate surface area is 139 Å². The van der Waals surface area contributed by atoms with Crippen LogP contribution in [-0.2, 0) is 0 Å². The van der Waals surface area contributed by atoms with Crippen molar-refractivity contribution in [3.8, 4) is 11.5 Å². The molecular weight excluding hydrogens is 311 g/mol. The highest BCUT2D eigenvalue weighted by molar-refractivity contribution is 5.85. The zero-order valence-corrected chi connectivity index (χ0v) is 14.5. The van der Waals surface area contributed by atoms with Crippen LogP contribution in [0, 0.1) is 0 Å². The maximum absolute atomic E-state index is 6.15. The molecule has 1 aliphatic heterocycles. The third kappa shape index (κ3) is 5.55. The Bertz CT molecular complexity index is 422. The van der Waals surface area contributed by atoms with Gasteiger partial charge >= 0.3 is 0 Å². The van der Waals surface area contributed by atoms with Crippen molar-refractivity contribution < 1.29 is 9.47 Å². The van der Waals surface area contributed by atoms with Gasteiger partial charge in [0, 0.05) is 30.8 Å². The molecule has 0 amide bonds. The van der Waals surface area contributed by atoms with Gasteiger partial charge in [-0.2, -0.15) is 0 Å². The van der Waals surface area contributed by atoms with Gasteiger partial charge in [-0.05, 0) is 32.9 Å². The molecule has 4 nitrogen and oxygen atoms in total. The number of piperidine rings is 1. The number of nitrogens with two attached hydrogens (primary N) is 1. The molecule has 1 aromatic rings. The van der Waals surface area contributed by atoms with Gasteiger partial charge in [0.1, 0.15) is 17.6 Å². The van der Waals surface area contributed by atoms with Gasteiger partial charge in [-0.15, -0.1) is 24.8 Å². The Morgan fingerprint density at radius 2 is 1.86 bits per heavy atom. The van der Waals surface area contributed by atoms with Crippen molar-refractivity contribution >= 4 is 24.8 Å². The predicted octanol–water partition coefficient (Wildman–Crippen LogP) is 3.03. The monoisotopic (exact) mass is 336 g/mol. The second-order valence-electron chi connectivity index (χ2n) is 5.31. The minimum Gasteiger partial charge on any atom is -0.497 e. The molecule has 122 valence electrons. The average molecular weight is 337 g/mol. The summed E-state index contributed by atoms with van der Waals surface area (Å²) in [5.74, 6) is 1.68. The van der Waals surface area contributed by atoms with Crippen molar-refractivity contribution in [2.45, 2.75) is 31.9 Å². The second-order valence-corrected chi connectivity index (χ2v) is 5.31. The largest absolute Gasteiger partial charge is 0.497 e. The second kappa shape index (κ2) is 9.36. The fourth-order valence-electron chi connectivity index (χ4n) is 2.40. The Kier molecular flexibility index (Phi) is 9.06. The van der Waals surface area contributed by atoms with E-state index in [4.69, 9.17) is 15.2 Å². The standard InChI is InChI=1S/C15H24N2O2.2ClH/c1-11(16)14-5-4-13(18-3)10-15(14)19-12-6-8-17(2)9-7-12;;/h4-5,10-12H,6-9,16H2,1-3H3;2*1H/t11-;;/m1../s1. The number of methoxy groups -OCH3 is 1. The van der Waals surface area contributed by atoms with Gasteiger partial charge in [0.05, 0.1) is 7.11 Å². The van der Waals surface area contributed by atoms with Crippen LogP contribution in [0.25, 0.3) is 0 Å². The topological polar surface area (TPSA) is 47.7 Å². The summed E-state index contributed by atoms with van der Waals surface area (Å²) >= 11 is 0. The highest BCUT2D eigenvalue weighted by Gasteiger charge is 2.20. The van der Waals surface area contributed by atoms with Crippen LogP contribution in [0.15, 0.2) is 18.2 Å². The lowest BCUT2D eigenvalue weighted by atomic mass is 10.1. The zero-order valence-electron chi connectivity index (χ0n) is 12.9. The molecule has 0 spiro atoms. The SMILES string of the molecule is COc1ccc([C@@H](C)N)c(OC2CCN(C)CC2)c1.Cl.Cl. The van der Waals surface area contributed by atoms with Gasteiger partial charge in [-0.1, -0.05) is 6.07 Å². The molecule has 0 radical (unpaired) electrons. The van der Waals surface area contributed by atoms with Crippen molar-refractivity contribution in [1.82, 2.24) is 4.90 Å². The lowest BCUT2D eigenvalue weighted by Crippen LogP contribution is -2.35. The molecule has 0 saturated carbocycles. The van der Waals surface area contributed by atoms with Crippen LogP contribution in [0.1, 0.15) is 31.4 Å². The summed E-state index contributed by atoms with van der Waals surface area (Å²) in [6.45, 7) is 4.15. The summed E-state index contributed by atoms with van der Waals surface area (Å²) in [5, 5.41) is 0. The van der Waals surface area contributed by atoms with Gasteiger partial charge < -0.3 is 20.1 Å². The van der Waals surface area contributed by atoms with E-state index in [0.29, 0.717) is 0 Å². The molecule has 1 aliphatic rings. The van der Waals surface area contributed by atoms with Crippen LogP contribution in [0.2, 0.25) is 0 Å². The molecule has 0 unspecified atom stereocenters. The number of likely N-dealkylation sites (tertiary alicyclic amines) is 1. The summed E-state index contributed by atoms with van der Waals surface area (Å²) in [7, 11) is 3.81. The predicted molar refractivity (Wildman–Crippen MR) is 91.2 cm³/mol. The van der Waals surface area contributed by atoms with E-state index in [9.17, 15) is 0 Å². The minimum atomic E-state index is -0.0350. The van der Waals surface area contributed by atoms with E-state index in [1.165, 1.54) is 0 Å². The molecule has 2 N–H and O–H groups in total. The number of benzene rings is 1. The number of rotatable bonds is 4. The summed E-state index contributed by atoms with van der Waals surface area (Å²) in [5.41, 5.74) is 7.05. The van der Waals surface area contributed by atoms with E-state index >= 15 is 0 Å². The minimum absolute atomic E-state index is 0. The highest BCUT2D eigenvalue weighted by Crippen LogP contribution is 2.30. The molecule has 0 aliphatic carbocycles. The quantitative estimate of drug-likeness (QED) is 0.917. The van der Waals surface area contributed by atoms with Gasteiger partial charge in [0.2, 0.25) is 0 Å². The van der Waals surface area contributed by atoms with Crippen LogP contribution in [-0.4, -0.2) is 38.3 Å². The van der Waals surface area contributed by atoms with Crippen molar-refractivity contribution in [3.63, 3.8) is 0 Å². The number of halogens is 2. The average Bonchev–Trinajstić information content (AvgIpc) is 2.41. The molecule has 1 fully saturated rings. The highest BCUT2D eigenvalue weighted by atomic mass is 35.5. The molecule has 6 heteroatoms. The summed E-state index contributed by atoms with van der Waals surface area (Å²) in [6.07, 6.45) is 2.40. The number of nitrogens with zero attached hydrogens (tertiary/aromatic N) is 1. The first-order valence-corrected chi connectivity index (χ1v) is 6.89. The first-order chi connectivity index (χ1) is 9.10. The van der Waals surface area contributed by atoms with E-state index in [-0.39, 0.29) is 37.0 Å². The summed E-state index contributed by atoms with van der Waals surface area (Å²) < 4.78 is 11.4. The molecule has 1 saturated heterocycles. The van der Waals surface area contributed by atoms with Crippen LogP contribution < -0.4 is 15.2 Å². The smallest absolute Gasteiger partial charge is 0.128 e. The van der Waals surface area contributed by atoms with Crippen LogP contribution in [0.5, 0.6) is 11.5 Å². The van der Waals surface area contributed by atoms with E-state index in [1.54, 1.807) is 7.11 Å². The molecule has 0 bridgehead atoms. The van der Waals surface area contributed by atoms with E-state index in [2.05, 4.69) is 11.9 Å². The van der Waals surface area contributed by atoms with Crippen molar-refractivity contribution in [2.24, 2.45) is 5.73 Å². The van der Waals surface area contributed by atoms with Crippen molar-refractivity contribution in [3.05, 3.63) is 23.8 Å². The summed E-state index contributed by atoms with van der Waals surface area (Å²) in [6, 6.07) is 5.83. The maximum atomic E-state index is 6.15. The first-order valence-electron chi connectivity index (χ1n) is 6.89. The molecular formula is C15H26Cl2N2O2. The first kappa shape index (κ1) is 20.3. The molecule has 21 heavy (non-hydrogen) atoms. The van der Waals surface area contributed by atoms with E-state index < -0.39 is 0 Å².